The van der Waals surface area contributed by atoms with E-state index in [-0.39, 0.29) is 30.4 Å². The molecule has 1 aliphatic rings. The second kappa shape index (κ2) is 6.47. The van der Waals surface area contributed by atoms with Gasteiger partial charge in [0.15, 0.2) is 0 Å². The molecule has 3 atom stereocenters. The van der Waals surface area contributed by atoms with E-state index in [2.05, 4.69) is 10.0 Å². The van der Waals surface area contributed by atoms with Crippen molar-refractivity contribution in [3.8, 4) is 0 Å². The van der Waals surface area contributed by atoms with Crippen LogP contribution >= 0.6 is 0 Å². The molecule has 0 aromatic rings. The van der Waals surface area contributed by atoms with Gasteiger partial charge < -0.3 is 10.0 Å². The molecule has 0 aromatic carbocycles. The van der Waals surface area contributed by atoms with Crippen LogP contribution in [0, 0.1) is 11.8 Å². The van der Waals surface area contributed by atoms with Gasteiger partial charge in [0.05, 0.1) is 12.6 Å². The van der Waals surface area contributed by atoms with Gasteiger partial charge in [-0.25, -0.2) is 0 Å². The summed E-state index contributed by atoms with van der Waals surface area (Å²) in [4.78, 5) is 16.3. The number of aliphatic hydroxyl groups excluding tert-OH is 1. The minimum atomic E-state index is -0.108. The molecule has 96 valence electrons. The Morgan fingerprint density at radius 3 is 2.94 bits per heavy atom. The second-order valence-corrected chi connectivity index (χ2v) is 4.67. The number of rotatable bonds is 6. The van der Waals surface area contributed by atoms with E-state index in [0.29, 0.717) is 19.5 Å². The van der Waals surface area contributed by atoms with E-state index in [1.165, 1.54) is 0 Å². The molecular formula is C11H20N4O2. The molecule has 1 heterocycles. The number of hydrogen-bond donors (Lipinski definition) is 1. The summed E-state index contributed by atoms with van der Waals surface area (Å²) in [6.07, 6.45) is 1.35. The van der Waals surface area contributed by atoms with E-state index < -0.39 is 0 Å². The Morgan fingerprint density at radius 1 is 1.71 bits per heavy atom. The van der Waals surface area contributed by atoms with E-state index in [0.717, 1.165) is 6.42 Å². The van der Waals surface area contributed by atoms with Crippen molar-refractivity contribution < 1.29 is 9.90 Å². The zero-order chi connectivity index (χ0) is 12.8. The summed E-state index contributed by atoms with van der Waals surface area (Å²) in [7, 11) is 0. The fourth-order valence-corrected chi connectivity index (χ4v) is 2.26. The SMILES string of the molecule is CC[C@H](C)[C@@H](CO)N1CC(CN=[N+]=[N-])CC1=O. The maximum absolute atomic E-state index is 11.8. The lowest BCUT2D eigenvalue weighted by atomic mass is 9.98. The summed E-state index contributed by atoms with van der Waals surface area (Å²) >= 11 is 0. The van der Waals surface area contributed by atoms with E-state index in [1.807, 2.05) is 13.8 Å². The zero-order valence-electron chi connectivity index (χ0n) is 10.4. The third-order valence-corrected chi connectivity index (χ3v) is 3.53. The maximum atomic E-state index is 11.8. The Kier molecular flexibility index (Phi) is 5.25. The van der Waals surface area contributed by atoms with Crippen LogP contribution in [0.2, 0.25) is 0 Å². The van der Waals surface area contributed by atoms with Gasteiger partial charge in [0.1, 0.15) is 0 Å². The highest BCUT2D eigenvalue weighted by atomic mass is 16.3. The van der Waals surface area contributed by atoms with Gasteiger partial charge in [-0.05, 0) is 17.4 Å². The molecule has 6 heteroatoms. The highest BCUT2D eigenvalue weighted by Crippen LogP contribution is 2.24. The smallest absolute Gasteiger partial charge is 0.223 e. The van der Waals surface area contributed by atoms with Gasteiger partial charge in [-0.1, -0.05) is 25.4 Å². The van der Waals surface area contributed by atoms with Crippen LogP contribution in [0.3, 0.4) is 0 Å². The highest BCUT2D eigenvalue weighted by Gasteiger charge is 2.35. The fraction of sp³-hybridized carbons (Fsp3) is 0.909. The number of carbonyl (C=O) groups excluding carboxylic acids is 1. The molecule has 1 rings (SSSR count). The molecule has 0 saturated carbocycles. The molecule has 1 fully saturated rings. The molecule has 0 bridgehead atoms. The van der Waals surface area contributed by atoms with Gasteiger partial charge in [0, 0.05) is 24.4 Å². The van der Waals surface area contributed by atoms with Crippen molar-refractivity contribution in [2.45, 2.75) is 32.7 Å². The number of amides is 1. The molecule has 17 heavy (non-hydrogen) atoms. The molecule has 1 unspecified atom stereocenters. The van der Waals surface area contributed by atoms with Crippen LogP contribution in [-0.2, 0) is 4.79 Å². The Morgan fingerprint density at radius 2 is 2.41 bits per heavy atom. The van der Waals surface area contributed by atoms with Crippen molar-refractivity contribution in [3.05, 3.63) is 10.4 Å². The summed E-state index contributed by atoms with van der Waals surface area (Å²) in [5.74, 6) is 0.432. The average molecular weight is 240 g/mol. The Hall–Kier alpha value is -1.26. The zero-order valence-corrected chi connectivity index (χ0v) is 10.4. The number of likely N-dealkylation sites (tertiary alicyclic amines) is 1. The van der Waals surface area contributed by atoms with Crippen LogP contribution in [0.1, 0.15) is 26.7 Å². The molecule has 1 amide bonds. The molecule has 1 aliphatic heterocycles. The lowest BCUT2D eigenvalue weighted by Gasteiger charge is -2.31. The molecular weight excluding hydrogens is 220 g/mol. The lowest BCUT2D eigenvalue weighted by Crippen LogP contribution is -2.43. The largest absolute Gasteiger partial charge is 0.394 e. The third kappa shape index (κ3) is 3.35. The summed E-state index contributed by atoms with van der Waals surface area (Å²) in [5.41, 5.74) is 8.26. The number of hydrogen-bond acceptors (Lipinski definition) is 3. The average Bonchev–Trinajstić information content (AvgIpc) is 2.69. The third-order valence-electron chi connectivity index (χ3n) is 3.53. The number of aliphatic hydroxyl groups is 1. The normalized spacial score (nSPS) is 23.4. The van der Waals surface area contributed by atoms with E-state index in [1.54, 1.807) is 4.90 Å². The Balaban J connectivity index is 2.64. The first-order chi connectivity index (χ1) is 8.13. The maximum Gasteiger partial charge on any atom is 0.223 e. The predicted molar refractivity (Wildman–Crippen MR) is 64.2 cm³/mol. The number of azide groups is 1. The van der Waals surface area contributed by atoms with Crippen LogP contribution in [0.4, 0.5) is 0 Å². The minimum absolute atomic E-state index is 0.00498. The Bertz CT molecular complexity index is 315. The minimum Gasteiger partial charge on any atom is -0.394 e. The second-order valence-electron chi connectivity index (χ2n) is 4.67. The van der Waals surface area contributed by atoms with E-state index in [4.69, 9.17) is 5.53 Å². The molecule has 0 aromatic heterocycles. The first kappa shape index (κ1) is 13.8. The molecule has 6 nitrogen and oxygen atoms in total. The van der Waals surface area contributed by atoms with Gasteiger partial charge in [-0.3, -0.25) is 4.79 Å². The van der Waals surface area contributed by atoms with Gasteiger partial charge >= 0.3 is 0 Å². The van der Waals surface area contributed by atoms with Crippen LogP contribution in [0.5, 0.6) is 0 Å². The summed E-state index contributed by atoms with van der Waals surface area (Å²) in [6, 6.07) is -0.108. The van der Waals surface area contributed by atoms with Crippen LogP contribution in [0.25, 0.3) is 10.4 Å². The van der Waals surface area contributed by atoms with Crippen molar-refractivity contribution in [1.82, 2.24) is 4.90 Å². The van der Waals surface area contributed by atoms with E-state index >= 15 is 0 Å². The van der Waals surface area contributed by atoms with Gasteiger partial charge in [0.25, 0.3) is 0 Å². The molecule has 1 saturated heterocycles. The van der Waals surface area contributed by atoms with Crippen molar-refractivity contribution in [3.63, 3.8) is 0 Å². The first-order valence-corrected chi connectivity index (χ1v) is 6.05. The number of nitrogens with zero attached hydrogens (tertiary/aromatic N) is 4. The molecule has 0 radical (unpaired) electrons. The summed E-state index contributed by atoms with van der Waals surface area (Å²) < 4.78 is 0. The molecule has 0 aliphatic carbocycles. The quantitative estimate of drug-likeness (QED) is 0.433. The monoisotopic (exact) mass is 240 g/mol. The van der Waals surface area contributed by atoms with Crippen LogP contribution in [0.15, 0.2) is 5.11 Å². The predicted octanol–water partition coefficient (Wildman–Crippen LogP) is 1.55. The fourth-order valence-electron chi connectivity index (χ4n) is 2.26. The molecule has 1 N–H and O–H groups in total. The summed E-state index contributed by atoms with van der Waals surface area (Å²) in [6.45, 7) is 5.03. The highest BCUT2D eigenvalue weighted by molar-refractivity contribution is 5.79. The van der Waals surface area contributed by atoms with Crippen LogP contribution < -0.4 is 0 Å². The number of carbonyl (C=O) groups is 1. The van der Waals surface area contributed by atoms with Gasteiger partial charge in [-0.2, -0.15) is 0 Å². The van der Waals surface area contributed by atoms with Gasteiger partial charge in [0.2, 0.25) is 5.91 Å². The van der Waals surface area contributed by atoms with E-state index in [9.17, 15) is 9.90 Å². The van der Waals surface area contributed by atoms with Crippen molar-refractivity contribution in [2.24, 2.45) is 17.0 Å². The van der Waals surface area contributed by atoms with Crippen LogP contribution in [-0.4, -0.2) is 41.7 Å². The lowest BCUT2D eigenvalue weighted by molar-refractivity contribution is -0.131. The first-order valence-electron chi connectivity index (χ1n) is 6.05. The van der Waals surface area contributed by atoms with Crippen molar-refractivity contribution in [1.29, 1.82) is 0 Å². The topological polar surface area (TPSA) is 89.3 Å². The summed E-state index contributed by atoms with van der Waals surface area (Å²) in [5, 5.41) is 12.9. The van der Waals surface area contributed by atoms with Crippen molar-refractivity contribution in [2.75, 3.05) is 19.7 Å². The molecule has 0 spiro atoms. The van der Waals surface area contributed by atoms with Gasteiger partial charge in [-0.15, -0.1) is 0 Å². The van der Waals surface area contributed by atoms with Crippen molar-refractivity contribution >= 4 is 5.91 Å². The standard InChI is InChI=1S/C11H20N4O2/c1-3-8(2)10(7-16)15-6-9(4-11(15)17)5-13-14-12/h8-10,16H,3-7H2,1-2H3/t8-,9?,10+/m0/s1. The Labute approximate surface area is 101 Å².